The number of thiazole rings is 2. The summed E-state index contributed by atoms with van der Waals surface area (Å²) >= 11 is 3.26. The summed E-state index contributed by atoms with van der Waals surface area (Å²) in [5, 5.41) is 7.01. The molecule has 2 aromatic carbocycles. The maximum absolute atomic E-state index is 12.6. The fraction of sp³-hybridized carbons (Fsp3) is 0.261. The minimum atomic E-state index is -0.0181. The van der Waals surface area contributed by atoms with Crippen molar-refractivity contribution in [2.24, 2.45) is 0 Å². The molecule has 0 aliphatic rings. The van der Waals surface area contributed by atoms with E-state index in [0.29, 0.717) is 13.1 Å². The molecule has 0 bridgehead atoms. The first-order chi connectivity index (χ1) is 14.4. The molecule has 1 N–H and O–H groups in total. The van der Waals surface area contributed by atoms with Gasteiger partial charge in [0.25, 0.3) is 0 Å². The maximum Gasteiger partial charge on any atom is 0.238 e. The number of rotatable bonds is 6. The second kappa shape index (κ2) is 9.87. The Balaban J connectivity index is 0.00000272. The van der Waals surface area contributed by atoms with Crippen LogP contribution >= 0.6 is 35.1 Å². The summed E-state index contributed by atoms with van der Waals surface area (Å²) in [6.45, 7) is 7.05. The number of amides is 1. The highest BCUT2D eigenvalue weighted by atomic mass is 35.5. The number of anilines is 1. The summed E-state index contributed by atoms with van der Waals surface area (Å²) in [5.74, 6) is -0.0181. The number of nitrogens with zero attached hydrogens (tertiary/aromatic N) is 3. The summed E-state index contributed by atoms with van der Waals surface area (Å²) in [7, 11) is 1.94. The van der Waals surface area contributed by atoms with E-state index in [9.17, 15) is 4.79 Å². The highest BCUT2D eigenvalue weighted by Crippen LogP contribution is 2.31. The molecule has 4 rings (SSSR count). The summed E-state index contributed by atoms with van der Waals surface area (Å²) in [5.41, 5.74) is 6.19. The monoisotopic (exact) mass is 472 g/mol. The highest BCUT2D eigenvalue weighted by Gasteiger charge is 2.14. The molecule has 31 heavy (non-hydrogen) atoms. The molecule has 0 unspecified atom stereocenters. The first kappa shape index (κ1) is 23.3. The second-order valence-corrected chi connectivity index (χ2v) is 9.58. The van der Waals surface area contributed by atoms with Crippen molar-refractivity contribution >= 4 is 56.9 Å². The fourth-order valence-corrected chi connectivity index (χ4v) is 5.41. The lowest BCUT2D eigenvalue weighted by molar-refractivity contribution is -0.117. The molecule has 0 saturated heterocycles. The third-order valence-corrected chi connectivity index (χ3v) is 6.72. The number of para-hydroxylation sites is 1. The number of hydrogen-bond acceptors (Lipinski definition) is 6. The molecule has 5 nitrogen and oxygen atoms in total. The third-order valence-electron chi connectivity index (χ3n) is 4.82. The van der Waals surface area contributed by atoms with Gasteiger partial charge < -0.3 is 5.32 Å². The number of carbonyl (C=O) groups excluding carboxylic acids is 1. The van der Waals surface area contributed by atoms with Gasteiger partial charge in [0.15, 0.2) is 0 Å². The van der Waals surface area contributed by atoms with Gasteiger partial charge in [-0.1, -0.05) is 29.8 Å². The van der Waals surface area contributed by atoms with Gasteiger partial charge in [0.05, 0.1) is 23.3 Å². The smallest absolute Gasteiger partial charge is 0.238 e. The fourth-order valence-electron chi connectivity index (χ4n) is 3.55. The van der Waals surface area contributed by atoms with E-state index in [-0.39, 0.29) is 18.3 Å². The normalized spacial score (nSPS) is 11.0. The Morgan fingerprint density at radius 1 is 1.10 bits per heavy atom. The van der Waals surface area contributed by atoms with Gasteiger partial charge in [-0.25, -0.2) is 9.97 Å². The molecule has 0 aliphatic carbocycles. The van der Waals surface area contributed by atoms with Crippen LogP contribution < -0.4 is 5.32 Å². The highest BCUT2D eigenvalue weighted by molar-refractivity contribution is 7.21. The Hall–Kier alpha value is -2.32. The third kappa shape index (κ3) is 5.49. The molecule has 0 fully saturated rings. The van der Waals surface area contributed by atoms with Gasteiger partial charge in [-0.05, 0) is 51.1 Å². The van der Waals surface area contributed by atoms with Crippen molar-refractivity contribution in [2.45, 2.75) is 27.3 Å². The zero-order valence-corrected chi connectivity index (χ0v) is 20.4. The summed E-state index contributed by atoms with van der Waals surface area (Å²) in [4.78, 5) is 23.9. The standard InChI is InChI=1S/C23H24N4OS2.ClH/c1-14-9-15(2)22(16(3)10-14)26-20(28)11-27(4)12-21-24-18(13-29-21)23-25-17-7-5-6-8-19(17)30-23;/h5-10,13H,11-12H2,1-4H3,(H,26,28);1H. The average molecular weight is 473 g/mol. The van der Waals surface area contributed by atoms with Crippen molar-refractivity contribution in [1.82, 2.24) is 14.9 Å². The van der Waals surface area contributed by atoms with Crippen molar-refractivity contribution in [3.8, 4) is 10.7 Å². The van der Waals surface area contributed by atoms with E-state index in [2.05, 4.69) is 35.4 Å². The Bertz CT molecular complexity index is 1160. The van der Waals surface area contributed by atoms with E-state index < -0.39 is 0 Å². The molecule has 0 saturated carbocycles. The van der Waals surface area contributed by atoms with Crippen LogP contribution in [0.3, 0.4) is 0 Å². The molecule has 162 valence electrons. The first-order valence-electron chi connectivity index (χ1n) is 9.75. The predicted molar refractivity (Wildman–Crippen MR) is 134 cm³/mol. The van der Waals surface area contributed by atoms with Gasteiger partial charge in [-0.15, -0.1) is 35.1 Å². The predicted octanol–water partition coefficient (Wildman–Crippen LogP) is 5.84. The van der Waals surface area contributed by atoms with Gasteiger partial charge in [0.1, 0.15) is 15.7 Å². The molecule has 0 aliphatic heterocycles. The quantitative estimate of drug-likeness (QED) is 0.383. The number of likely N-dealkylation sites (N-methyl/N-ethyl adjacent to an activating group) is 1. The molecule has 0 atom stereocenters. The van der Waals surface area contributed by atoms with Gasteiger partial charge in [-0.2, -0.15) is 0 Å². The molecular formula is C23H25ClN4OS2. The Morgan fingerprint density at radius 3 is 2.52 bits per heavy atom. The van der Waals surface area contributed by atoms with Crippen molar-refractivity contribution in [3.63, 3.8) is 0 Å². The summed E-state index contributed by atoms with van der Waals surface area (Å²) in [6, 6.07) is 12.3. The van der Waals surface area contributed by atoms with Crippen LogP contribution in [0.4, 0.5) is 5.69 Å². The summed E-state index contributed by atoms with van der Waals surface area (Å²) < 4.78 is 1.16. The van der Waals surface area contributed by atoms with Crippen molar-refractivity contribution in [1.29, 1.82) is 0 Å². The molecule has 0 radical (unpaired) electrons. The van der Waals surface area contributed by atoms with Crippen LogP contribution in [0, 0.1) is 20.8 Å². The molecule has 2 heterocycles. The van der Waals surface area contributed by atoms with Crippen molar-refractivity contribution in [2.75, 3.05) is 18.9 Å². The number of hydrogen-bond donors (Lipinski definition) is 1. The average Bonchev–Trinajstić information content (AvgIpc) is 3.31. The van der Waals surface area contributed by atoms with Gasteiger partial charge in [0, 0.05) is 11.1 Å². The van der Waals surface area contributed by atoms with Crippen LogP contribution in [0.5, 0.6) is 0 Å². The van der Waals surface area contributed by atoms with E-state index in [0.717, 1.165) is 42.7 Å². The van der Waals surface area contributed by atoms with Gasteiger partial charge in [0.2, 0.25) is 5.91 Å². The number of fused-ring (bicyclic) bond motifs is 1. The Morgan fingerprint density at radius 2 is 1.81 bits per heavy atom. The van der Waals surface area contributed by atoms with Crippen molar-refractivity contribution < 1.29 is 4.79 Å². The molecule has 4 aromatic rings. The van der Waals surface area contributed by atoms with Gasteiger partial charge >= 0.3 is 0 Å². The van der Waals surface area contributed by atoms with E-state index in [4.69, 9.17) is 4.98 Å². The zero-order valence-electron chi connectivity index (χ0n) is 17.9. The van der Waals surface area contributed by atoms with Crippen LogP contribution in [0.1, 0.15) is 21.7 Å². The van der Waals surface area contributed by atoms with E-state index in [1.807, 2.05) is 49.4 Å². The van der Waals surface area contributed by atoms with Crippen molar-refractivity contribution in [3.05, 3.63) is 63.5 Å². The lowest BCUT2D eigenvalue weighted by Crippen LogP contribution is -2.30. The number of benzene rings is 2. The molecule has 1 amide bonds. The first-order valence-corrected chi connectivity index (χ1v) is 11.5. The van der Waals surface area contributed by atoms with Gasteiger partial charge in [-0.3, -0.25) is 9.69 Å². The van der Waals surface area contributed by atoms with Crippen LogP contribution in [0.15, 0.2) is 41.8 Å². The number of halogens is 1. The number of aromatic nitrogens is 2. The summed E-state index contributed by atoms with van der Waals surface area (Å²) in [6.07, 6.45) is 0. The van der Waals surface area contributed by atoms with E-state index >= 15 is 0 Å². The topological polar surface area (TPSA) is 58.1 Å². The molecule has 8 heteroatoms. The lowest BCUT2D eigenvalue weighted by atomic mass is 10.1. The number of nitrogens with one attached hydrogen (secondary N) is 1. The minimum absolute atomic E-state index is 0. The van der Waals surface area contributed by atoms with Crippen LogP contribution in [-0.2, 0) is 11.3 Å². The minimum Gasteiger partial charge on any atom is -0.324 e. The van der Waals surface area contributed by atoms with Crippen LogP contribution in [0.25, 0.3) is 20.9 Å². The van der Waals surface area contributed by atoms with Crippen LogP contribution in [-0.4, -0.2) is 34.4 Å². The maximum atomic E-state index is 12.6. The second-order valence-electron chi connectivity index (χ2n) is 7.61. The molecular weight excluding hydrogens is 448 g/mol. The SMILES string of the molecule is Cc1cc(C)c(NC(=O)CN(C)Cc2nc(-c3nc4ccccc4s3)cs2)c(C)c1.Cl. The Labute approximate surface area is 196 Å². The largest absolute Gasteiger partial charge is 0.324 e. The van der Waals surface area contributed by atoms with Crippen LogP contribution in [0.2, 0.25) is 0 Å². The Kier molecular flexibility index (Phi) is 7.43. The number of carbonyl (C=O) groups is 1. The zero-order chi connectivity index (χ0) is 21.3. The molecule has 0 spiro atoms. The van der Waals surface area contributed by atoms with E-state index in [1.54, 1.807) is 22.7 Å². The number of aryl methyl sites for hydroxylation is 3. The van der Waals surface area contributed by atoms with E-state index in [1.165, 1.54) is 5.56 Å². The molecule has 2 aromatic heterocycles. The lowest BCUT2D eigenvalue weighted by Gasteiger charge is -2.17.